The molecule has 0 bridgehead atoms. The highest BCUT2D eigenvalue weighted by Crippen LogP contribution is 2.24. The first-order valence-electron chi connectivity index (χ1n) is 6.67. The molecule has 3 nitrogen and oxygen atoms in total. The molecule has 0 fully saturated rings. The van der Waals surface area contributed by atoms with Gasteiger partial charge in [-0.15, -0.1) is 0 Å². The number of hydrogen-bond acceptors (Lipinski definition) is 3. The maximum atomic E-state index is 5.84. The van der Waals surface area contributed by atoms with Crippen LogP contribution in [-0.2, 0) is 6.61 Å². The van der Waals surface area contributed by atoms with Crippen molar-refractivity contribution >= 4 is 17.2 Å². The van der Waals surface area contributed by atoms with E-state index in [0.717, 1.165) is 11.1 Å². The van der Waals surface area contributed by atoms with Crippen molar-refractivity contribution < 1.29 is 9.47 Å². The summed E-state index contributed by atoms with van der Waals surface area (Å²) in [5.41, 5.74) is 9.99. The SMILES string of the molecule is COc1cc(OCc2cc(C)cc(C)c2)cc(C(N)=S)c1. The normalized spacial score (nSPS) is 10.2. The van der Waals surface area contributed by atoms with Crippen LogP contribution in [0.3, 0.4) is 0 Å². The monoisotopic (exact) mass is 301 g/mol. The van der Waals surface area contributed by atoms with Crippen LogP contribution >= 0.6 is 12.2 Å². The number of benzene rings is 2. The second-order valence-electron chi connectivity index (χ2n) is 5.05. The Labute approximate surface area is 130 Å². The molecule has 110 valence electrons. The third-order valence-corrected chi connectivity index (χ3v) is 3.32. The van der Waals surface area contributed by atoms with Crippen LogP contribution in [0.4, 0.5) is 0 Å². The molecule has 2 aromatic rings. The smallest absolute Gasteiger partial charge is 0.124 e. The van der Waals surface area contributed by atoms with Crippen molar-refractivity contribution in [2.24, 2.45) is 5.73 Å². The van der Waals surface area contributed by atoms with E-state index in [4.69, 9.17) is 27.4 Å². The highest BCUT2D eigenvalue weighted by atomic mass is 32.1. The van der Waals surface area contributed by atoms with Gasteiger partial charge in [-0.05, 0) is 31.5 Å². The molecule has 0 aliphatic rings. The van der Waals surface area contributed by atoms with Gasteiger partial charge in [-0.3, -0.25) is 0 Å². The molecular weight excluding hydrogens is 282 g/mol. The van der Waals surface area contributed by atoms with Gasteiger partial charge in [-0.2, -0.15) is 0 Å². The molecule has 0 saturated heterocycles. The van der Waals surface area contributed by atoms with Gasteiger partial charge in [0.05, 0.1) is 7.11 Å². The van der Waals surface area contributed by atoms with Gasteiger partial charge in [0.1, 0.15) is 23.1 Å². The van der Waals surface area contributed by atoms with E-state index in [0.29, 0.717) is 23.1 Å². The Morgan fingerprint density at radius 3 is 2.19 bits per heavy atom. The molecule has 0 amide bonds. The van der Waals surface area contributed by atoms with E-state index >= 15 is 0 Å². The van der Waals surface area contributed by atoms with E-state index in [1.165, 1.54) is 11.1 Å². The summed E-state index contributed by atoms with van der Waals surface area (Å²) in [6.07, 6.45) is 0. The molecule has 0 heterocycles. The molecule has 2 aromatic carbocycles. The Balaban J connectivity index is 2.19. The van der Waals surface area contributed by atoms with Crippen LogP contribution in [0.25, 0.3) is 0 Å². The van der Waals surface area contributed by atoms with Crippen molar-refractivity contribution in [2.75, 3.05) is 7.11 Å². The van der Waals surface area contributed by atoms with Crippen LogP contribution in [0.2, 0.25) is 0 Å². The number of nitrogens with two attached hydrogens (primary N) is 1. The maximum Gasteiger partial charge on any atom is 0.124 e. The van der Waals surface area contributed by atoms with Crippen LogP contribution in [0.1, 0.15) is 22.3 Å². The lowest BCUT2D eigenvalue weighted by Crippen LogP contribution is -2.09. The minimum Gasteiger partial charge on any atom is -0.497 e. The molecule has 2 rings (SSSR count). The molecule has 0 saturated carbocycles. The summed E-state index contributed by atoms with van der Waals surface area (Å²) in [5.74, 6) is 1.37. The van der Waals surface area contributed by atoms with Gasteiger partial charge in [0.2, 0.25) is 0 Å². The molecule has 0 radical (unpaired) electrons. The fourth-order valence-corrected chi connectivity index (χ4v) is 2.35. The second-order valence-corrected chi connectivity index (χ2v) is 5.49. The summed E-state index contributed by atoms with van der Waals surface area (Å²) < 4.78 is 11.1. The van der Waals surface area contributed by atoms with Crippen molar-refractivity contribution in [1.82, 2.24) is 0 Å². The molecule has 4 heteroatoms. The Bertz CT molecular complexity index is 648. The Morgan fingerprint density at radius 1 is 1.00 bits per heavy atom. The predicted molar refractivity (Wildman–Crippen MR) is 89.1 cm³/mol. The summed E-state index contributed by atoms with van der Waals surface area (Å²) >= 11 is 5.01. The summed E-state index contributed by atoms with van der Waals surface area (Å²) in [6.45, 7) is 4.65. The Hall–Kier alpha value is -2.07. The van der Waals surface area contributed by atoms with Gasteiger partial charge < -0.3 is 15.2 Å². The molecular formula is C17H19NO2S. The highest BCUT2D eigenvalue weighted by Gasteiger charge is 2.05. The summed E-state index contributed by atoms with van der Waals surface area (Å²) in [4.78, 5) is 0.324. The molecule has 0 aliphatic carbocycles. The van der Waals surface area contributed by atoms with Crippen LogP contribution in [0.15, 0.2) is 36.4 Å². The van der Waals surface area contributed by atoms with Crippen molar-refractivity contribution in [3.05, 3.63) is 58.7 Å². The third kappa shape index (κ3) is 4.20. The van der Waals surface area contributed by atoms with Crippen LogP contribution in [-0.4, -0.2) is 12.1 Å². The second kappa shape index (κ2) is 6.59. The van der Waals surface area contributed by atoms with Crippen molar-refractivity contribution in [3.8, 4) is 11.5 Å². The standard InChI is InChI=1S/C17H19NO2S/c1-11-4-12(2)6-13(5-11)10-20-16-8-14(17(18)21)7-15(9-16)19-3/h4-9H,10H2,1-3H3,(H2,18,21). The zero-order valence-corrected chi connectivity index (χ0v) is 13.3. The van der Waals surface area contributed by atoms with Gasteiger partial charge in [0, 0.05) is 11.6 Å². The topological polar surface area (TPSA) is 44.5 Å². The van der Waals surface area contributed by atoms with E-state index in [1.54, 1.807) is 13.2 Å². The minimum atomic E-state index is 0.324. The predicted octanol–water partition coefficient (Wildman–Crippen LogP) is 3.53. The van der Waals surface area contributed by atoms with Gasteiger partial charge in [0.15, 0.2) is 0 Å². The maximum absolute atomic E-state index is 5.84. The number of ether oxygens (including phenoxy) is 2. The molecule has 0 unspecified atom stereocenters. The lowest BCUT2D eigenvalue weighted by atomic mass is 10.1. The fraction of sp³-hybridized carbons (Fsp3) is 0.235. The Morgan fingerprint density at radius 2 is 1.62 bits per heavy atom. The first-order valence-corrected chi connectivity index (χ1v) is 7.07. The third-order valence-electron chi connectivity index (χ3n) is 3.09. The van der Waals surface area contributed by atoms with E-state index < -0.39 is 0 Å². The zero-order valence-electron chi connectivity index (χ0n) is 12.5. The number of aryl methyl sites for hydroxylation is 2. The molecule has 0 aliphatic heterocycles. The molecule has 2 N–H and O–H groups in total. The van der Waals surface area contributed by atoms with Crippen molar-refractivity contribution in [3.63, 3.8) is 0 Å². The molecule has 0 aromatic heterocycles. The molecule has 0 spiro atoms. The van der Waals surface area contributed by atoms with Gasteiger partial charge in [-0.25, -0.2) is 0 Å². The number of rotatable bonds is 5. The number of thiocarbonyl (C=S) groups is 1. The fourth-order valence-electron chi connectivity index (χ4n) is 2.23. The van der Waals surface area contributed by atoms with Crippen LogP contribution in [0, 0.1) is 13.8 Å². The first-order chi connectivity index (χ1) is 9.97. The summed E-state index contributed by atoms with van der Waals surface area (Å²) in [7, 11) is 1.60. The lowest BCUT2D eigenvalue weighted by molar-refractivity contribution is 0.303. The minimum absolute atomic E-state index is 0.324. The first kappa shape index (κ1) is 15.3. The van der Waals surface area contributed by atoms with E-state index in [-0.39, 0.29) is 0 Å². The van der Waals surface area contributed by atoms with Crippen molar-refractivity contribution in [1.29, 1.82) is 0 Å². The highest BCUT2D eigenvalue weighted by molar-refractivity contribution is 7.80. The summed E-state index contributed by atoms with van der Waals surface area (Å²) in [6, 6.07) is 11.8. The van der Waals surface area contributed by atoms with Crippen LogP contribution in [0.5, 0.6) is 11.5 Å². The largest absolute Gasteiger partial charge is 0.497 e. The van der Waals surface area contributed by atoms with Gasteiger partial charge >= 0.3 is 0 Å². The number of hydrogen-bond donors (Lipinski definition) is 1. The average Bonchev–Trinajstić information content (AvgIpc) is 2.43. The molecule has 21 heavy (non-hydrogen) atoms. The van der Waals surface area contributed by atoms with Gasteiger partial charge in [-0.1, -0.05) is 41.5 Å². The zero-order chi connectivity index (χ0) is 15.4. The van der Waals surface area contributed by atoms with Crippen molar-refractivity contribution in [2.45, 2.75) is 20.5 Å². The van der Waals surface area contributed by atoms with Crippen LogP contribution < -0.4 is 15.2 Å². The quantitative estimate of drug-likeness (QED) is 0.858. The number of methoxy groups -OCH3 is 1. The Kier molecular flexibility index (Phi) is 4.81. The molecule has 0 atom stereocenters. The van der Waals surface area contributed by atoms with E-state index in [2.05, 4.69) is 32.0 Å². The summed E-state index contributed by atoms with van der Waals surface area (Å²) in [5, 5.41) is 0. The van der Waals surface area contributed by atoms with Gasteiger partial charge in [0.25, 0.3) is 0 Å². The lowest BCUT2D eigenvalue weighted by Gasteiger charge is -2.11. The van der Waals surface area contributed by atoms with E-state index in [1.807, 2.05) is 12.1 Å². The van der Waals surface area contributed by atoms with E-state index in [9.17, 15) is 0 Å². The average molecular weight is 301 g/mol.